The highest BCUT2D eigenvalue weighted by Gasteiger charge is 2.40. The topological polar surface area (TPSA) is 68.5 Å². The molecule has 6 heteroatoms. The third-order valence-electron chi connectivity index (χ3n) is 3.87. The number of aromatic nitrogens is 2. The number of aryl methyl sites for hydroxylation is 1. The molecule has 0 saturated heterocycles. The average molecular weight is 292 g/mol. The summed E-state index contributed by atoms with van der Waals surface area (Å²) in [5.74, 6) is -0.140. The summed E-state index contributed by atoms with van der Waals surface area (Å²) in [6.45, 7) is 12.3. The van der Waals surface area contributed by atoms with Crippen molar-refractivity contribution in [3.05, 3.63) is 17.0 Å². The first-order valence-electron chi connectivity index (χ1n) is 7.29. The summed E-state index contributed by atoms with van der Waals surface area (Å²) in [5, 5.41) is 11.3. The molecule has 0 aliphatic carbocycles. The molecule has 1 aromatic rings. The van der Waals surface area contributed by atoms with Gasteiger partial charge in [0.15, 0.2) is 0 Å². The molecule has 116 valence electrons. The van der Waals surface area contributed by atoms with Crippen molar-refractivity contribution >= 4 is 11.6 Å². The molecule has 21 heavy (non-hydrogen) atoms. The summed E-state index contributed by atoms with van der Waals surface area (Å²) < 4.78 is 1.98. The fourth-order valence-electron chi connectivity index (χ4n) is 2.66. The van der Waals surface area contributed by atoms with Gasteiger partial charge < -0.3 is 10.2 Å². The number of carbonyl (C=O) groups is 1. The second kappa shape index (κ2) is 5.50. The molecule has 1 N–H and O–H groups in total. The van der Waals surface area contributed by atoms with E-state index < -0.39 is 5.60 Å². The van der Waals surface area contributed by atoms with Crippen molar-refractivity contribution in [3.8, 4) is 0 Å². The lowest BCUT2D eigenvalue weighted by Crippen LogP contribution is -2.44. The number of rotatable bonds is 4. The van der Waals surface area contributed by atoms with Gasteiger partial charge >= 0.3 is 0 Å². The molecule has 0 spiro atoms. The molecule has 0 fully saturated rings. The Morgan fingerprint density at radius 1 is 1.43 bits per heavy atom. The highest BCUT2D eigenvalue weighted by molar-refractivity contribution is 5.94. The summed E-state index contributed by atoms with van der Waals surface area (Å²) in [5.41, 5.74) is 3.06. The smallest absolute Gasteiger partial charge is 0.267 e. The van der Waals surface area contributed by atoms with Crippen molar-refractivity contribution in [2.24, 2.45) is 5.16 Å². The van der Waals surface area contributed by atoms with Gasteiger partial charge in [0.2, 0.25) is 5.60 Å². The van der Waals surface area contributed by atoms with Gasteiger partial charge in [0.05, 0.1) is 11.4 Å². The zero-order valence-electron chi connectivity index (χ0n) is 13.6. The van der Waals surface area contributed by atoms with E-state index in [9.17, 15) is 4.79 Å². The SMILES string of the molecule is CC1=NOC(C)(C(=O)NCc2c(C)nn(C(C)C)c2C)C1. The maximum Gasteiger partial charge on any atom is 0.267 e. The summed E-state index contributed by atoms with van der Waals surface area (Å²) in [6.07, 6.45) is 0.530. The Morgan fingerprint density at radius 2 is 2.10 bits per heavy atom. The molecule has 0 bridgehead atoms. The van der Waals surface area contributed by atoms with Crippen LogP contribution < -0.4 is 5.32 Å². The number of oxime groups is 1. The van der Waals surface area contributed by atoms with Crippen LogP contribution in [-0.4, -0.2) is 27.0 Å². The van der Waals surface area contributed by atoms with Crippen molar-refractivity contribution in [3.63, 3.8) is 0 Å². The van der Waals surface area contributed by atoms with Crippen LogP contribution in [0.1, 0.15) is 57.1 Å². The normalized spacial score (nSPS) is 21.4. The molecular weight excluding hydrogens is 268 g/mol. The fourth-order valence-corrected chi connectivity index (χ4v) is 2.66. The van der Waals surface area contributed by atoms with Crippen LogP contribution in [0.2, 0.25) is 0 Å². The third-order valence-corrected chi connectivity index (χ3v) is 3.87. The lowest BCUT2D eigenvalue weighted by Gasteiger charge is -2.20. The van der Waals surface area contributed by atoms with Crippen molar-refractivity contribution in [1.29, 1.82) is 0 Å². The Morgan fingerprint density at radius 3 is 2.57 bits per heavy atom. The highest BCUT2D eigenvalue weighted by Crippen LogP contribution is 2.24. The Labute approximate surface area is 125 Å². The van der Waals surface area contributed by atoms with Gasteiger partial charge in [-0.1, -0.05) is 5.16 Å². The number of amides is 1. The van der Waals surface area contributed by atoms with E-state index >= 15 is 0 Å². The summed E-state index contributed by atoms with van der Waals surface area (Å²) in [7, 11) is 0. The quantitative estimate of drug-likeness (QED) is 0.925. The minimum atomic E-state index is -0.889. The first kappa shape index (κ1) is 15.5. The second-order valence-corrected chi connectivity index (χ2v) is 6.20. The van der Waals surface area contributed by atoms with E-state index in [1.165, 1.54) is 0 Å². The van der Waals surface area contributed by atoms with Crippen LogP contribution in [-0.2, 0) is 16.2 Å². The van der Waals surface area contributed by atoms with Crippen LogP contribution in [0.25, 0.3) is 0 Å². The van der Waals surface area contributed by atoms with E-state index in [0.29, 0.717) is 19.0 Å². The van der Waals surface area contributed by atoms with E-state index in [4.69, 9.17) is 4.84 Å². The standard InChI is InChI=1S/C15H24N4O2/c1-9(2)19-12(5)13(11(4)17-19)8-16-14(20)15(6)7-10(3)18-21-15/h9H,7-8H2,1-6H3,(H,16,20). The number of nitrogens with zero attached hydrogens (tertiary/aromatic N) is 3. The molecule has 2 rings (SSSR count). The fraction of sp³-hybridized carbons (Fsp3) is 0.667. The molecule has 0 saturated carbocycles. The number of nitrogens with one attached hydrogen (secondary N) is 1. The second-order valence-electron chi connectivity index (χ2n) is 6.20. The Balaban J connectivity index is 2.06. The first-order valence-corrected chi connectivity index (χ1v) is 7.29. The minimum absolute atomic E-state index is 0.140. The predicted molar refractivity (Wildman–Crippen MR) is 81.1 cm³/mol. The molecular formula is C15H24N4O2. The van der Waals surface area contributed by atoms with Gasteiger partial charge in [-0.15, -0.1) is 0 Å². The Kier molecular flexibility index (Phi) is 4.07. The van der Waals surface area contributed by atoms with E-state index in [-0.39, 0.29) is 5.91 Å². The molecule has 1 atom stereocenters. The maximum absolute atomic E-state index is 12.3. The number of carbonyl (C=O) groups excluding carboxylic acids is 1. The van der Waals surface area contributed by atoms with Crippen LogP contribution in [0.5, 0.6) is 0 Å². The molecule has 0 aromatic carbocycles. The monoisotopic (exact) mass is 292 g/mol. The Hall–Kier alpha value is -1.85. The molecule has 1 amide bonds. The summed E-state index contributed by atoms with van der Waals surface area (Å²) in [6, 6.07) is 0.305. The molecule has 1 aliphatic heterocycles. The van der Waals surface area contributed by atoms with Crippen LogP contribution in [0.3, 0.4) is 0 Å². The lowest BCUT2D eigenvalue weighted by molar-refractivity contribution is -0.141. The van der Waals surface area contributed by atoms with Gasteiger partial charge in [0, 0.05) is 30.3 Å². The molecule has 1 aliphatic rings. The summed E-state index contributed by atoms with van der Waals surface area (Å²) in [4.78, 5) is 17.6. The summed E-state index contributed by atoms with van der Waals surface area (Å²) >= 11 is 0. The zero-order chi connectivity index (χ0) is 15.8. The average Bonchev–Trinajstić information content (AvgIpc) is 2.89. The van der Waals surface area contributed by atoms with Crippen LogP contribution in [0.15, 0.2) is 5.16 Å². The largest absolute Gasteiger partial charge is 0.379 e. The van der Waals surface area contributed by atoms with E-state index in [0.717, 1.165) is 22.7 Å². The predicted octanol–water partition coefficient (Wildman–Crippen LogP) is 2.25. The van der Waals surface area contributed by atoms with Gasteiger partial charge in [0.25, 0.3) is 5.91 Å². The number of hydrogen-bond donors (Lipinski definition) is 1. The zero-order valence-corrected chi connectivity index (χ0v) is 13.6. The van der Waals surface area contributed by atoms with Gasteiger partial charge in [-0.05, 0) is 41.5 Å². The molecule has 6 nitrogen and oxygen atoms in total. The lowest BCUT2D eigenvalue weighted by atomic mass is 9.99. The number of hydrogen-bond acceptors (Lipinski definition) is 4. The molecule has 1 unspecified atom stereocenters. The maximum atomic E-state index is 12.3. The van der Waals surface area contributed by atoms with Crippen LogP contribution >= 0.6 is 0 Å². The van der Waals surface area contributed by atoms with Crippen molar-refractivity contribution in [2.75, 3.05) is 0 Å². The first-order chi connectivity index (χ1) is 9.74. The molecule has 1 aromatic heterocycles. The molecule has 2 heterocycles. The highest BCUT2D eigenvalue weighted by atomic mass is 16.7. The van der Waals surface area contributed by atoms with E-state index in [1.807, 2.05) is 25.5 Å². The van der Waals surface area contributed by atoms with Gasteiger partial charge in [-0.2, -0.15) is 5.10 Å². The van der Waals surface area contributed by atoms with Gasteiger partial charge in [-0.25, -0.2) is 0 Å². The third kappa shape index (κ3) is 2.94. The molecule has 0 radical (unpaired) electrons. The van der Waals surface area contributed by atoms with Crippen molar-refractivity contribution < 1.29 is 9.63 Å². The Bertz CT molecular complexity index is 589. The van der Waals surface area contributed by atoms with Crippen molar-refractivity contribution in [2.45, 2.75) is 66.2 Å². The van der Waals surface area contributed by atoms with Gasteiger partial charge in [-0.3, -0.25) is 9.48 Å². The van der Waals surface area contributed by atoms with Crippen LogP contribution in [0, 0.1) is 13.8 Å². The minimum Gasteiger partial charge on any atom is -0.379 e. The van der Waals surface area contributed by atoms with Crippen molar-refractivity contribution in [1.82, 2.24) is 15.1 Å². The van der Waals surface area contributed by atoms with Crippen LogP contribution in [0.4, 0.5) is 0 Å². The van der Waals surface area contributed by atoms with E-state index in [1.54, 1.807) is 6.92 Å². The van der Waals surface area contributed by atoms with Gasteiger partial charge in [0.1, 0.15) is 0 Å². The van der Waals surface area contributed by atoms with E-state index in [2.05, 4.69) is 29.4 Å².